The Labute approximate surface area is 184 Å². The van der Waals surface area contributed by atoms with Crippen LogP contribution in [0.25, 0.3) is 0 Å². The van der Waals surface area contributed by atoms with Gasteiger partial charge in [0.05, 0.1) is 0 Å². The molecule has 0 bridgehead atoms. The van der Waals surface area contributed by atoms with Crippen LogP contribution in [0.1, 0.15) is 53.3 Å². The van der Waals surface area contributed by atoms with Crippen LogP contribution in [0, 0.1) is 5.92 Å². The highest BCUT2D eigenvalue weighted by Crippen LogP contribution is 2.22. The molecule has 0 aliphatic carbocycles. The first kappa shape index (κ1) is 22.5. The van der Waals surface area contributed by atoms with Gasteiger partial charge in [-0.15, -0.1) is 0 Å². The minimum Gasteiger partial charge on any atom is -0.346 e. The molecule has 1 N–H and O–H groups in total. The number of unbranched alkanes of at least 4 members (excludes halogenated alkanes) is 1. The van der Waals surface area contributed by atoms with Gasteiger partial charge in [-0.3, -0.25) is 14.4 Å². The normalized spacial score (nSPS) is 14.2. The minimum absolute atomic E-state index is 0.00137. The number of hydrogen-bond donors (Lipinski definition) is 1. The lowest BCUT2D eigenvalue weighted by atomic mass is 9.94. The van der Waals surface area contributed by atoms with Gasteiger partial charge in [-0.05, 0) is 55.7 Å². The van der Waals surface area contributed by atoms with Gasteiger partial charge >= 0.3 is 0 Å². The van der Waals surface area contributed by atoms with E-state index >= 15 is 0 Å². The quantitative estimate of drug-likeness (QED) is 0.733. The monoisotopic (exact) mass is 421 g/mol. The van der Waals surface area contributed by atoms with Crippen molar-refractivity contribution >= 4 is 23.4 Å². The Bertz CT molecular complexity index is 888. The molecule has 3 amide bonds. The van der Waals surface area contributed by atoms with Crippen LogP contribution in [-0.4, -0.2) is 54.2 Å². The fourth-order valence-electron chi connectivity index (χ4n) is 3.82. The van der Waals surface area contributed by atoms with Crippen molar-refractivity contribution in [1.29, 1.82) is 0 Å². The zero-order valence-electron chi connectivity index (χ0n) is 18.3. The van der Waals surface area contributed by atoms with Crippen LogP contribution in [0.2, 0.25) is 0 Å². The Morgan fingerprint density at radius 2 is 1.61 bits per heavy atom. The van der Waals surface area contributed by atoms with E-state index in [0.29, 0.717) is 42.7 Å². The molecule has 2 aromatic rings. The van der Waals surface area contributed by atoms with E-state index in [0.717, 1.165) is 19.4 Å². The molecule has 0 saturated carbocycles. The lowest BCUT2D eigenvalue weighted by Gasteiger charge is -2.33. The number of hydrogen-bond acceptors (Lipinski definition) is 3. The molecule has 2 aromatic carbocycles. The number of benzene rings is 2. The fraction of sp³-hybridized carbons (Fsp3) is 0.400. The summed E-state index contributed by atoms with van der Waals surface area (Å²) in [6.45, 7) is 4.08. The second-order valence-corrected chi connectivity index (χ2v) is 8.08. The van der Waals surface area contributed by atoms with Crippen molar-refractivity contribution in [2.75, 3.05) is 32.0 Å². The Morgan fingerprint density at radius 3 is 2.23 bits per heavy atom. The summed E-state index contributed by atoms with van der Waals surface area (Å²) >= 11 is 0. The summed E-state index contributed by atoms with van der Waals surface area (Å²) in [6.07, 6.45) is 3.49. The van der Waals surface area contributed by atoms with Crippen molar-refractivity contribution in [3.8, 4) is 0 Å². The number of anilines is 1. The van der Waals surface area contributed by atoms with Crippen molar-refractivity contribution in [3.05, 3.63) is 65.7 Å². The second-order valence-electron chi connectivity index (χ2n) is 8.08. The summed E-state index contributed by atoms with van der Waals surface area (Å²) < 4.78 is 0. The molecule has 31 heavy (non-hydrogen) atoms. The number of carbonyl (C=O) groups excluding carboxylic acids is 3. The van der Waals surface area contributed by atoms with E-state index in [1.54, 1.807) is 36.4 Å². The highest BCUT2D eigenvalue weighted by molar-refractivity contribution is 6.04. The van der Waals surface area contributed by atoms with Gasteiger partial charge in [-0.2, -0.15) is 0 Å². The summed E-state index contributed by atoms with van der Waals surface area (Å²) in [7, 11) is 1.87. The predicted molar refractivity (Wildman–Crippen MR) is 122 cm³/mol. The average molecular weight is 422 g/mol. The predicted octanol–water partition coefficient (Wildman–Crippen LogP) is 4.05. The summed E-state index contributed by atoms with van der Waals surface area (Å²) in [5.41, 5.74) is 1.81. The topological polar surface area (TPSA) is 69.7 Å². The summed E-state index contributed by atoms with van der Waals surface area (Å²) in [5, 5.41) is 2.84. The van der Waals surface area contributed by atoms with Crippen molar-refractivity contribution in [3.63, 3.8) is 0 Å². The van der Waals surface area contributed by atoms with Gasteiger partial charge in [0.15, 0.2) is 0 Å². The Kier molecular flexibility index (Phi) is 7.82. The number of amides is 3. The summed E-state index contributed by atoms with van der Waals surface area (Å²) in [4.78, 5) is 41.3. The van der Waals surface area contributed by atoms with Gasteiger partial charge in [0.2, 0.25) is 5.91 Å². The molecule has 0 spiro atoms. The van der Waals surface area contributed by atoms with E-state index in [1.165, 1.54) is 0 Å². The van der Waals surface area contributed by atoms with Gasteiger partial charge in [0.1, 0.15) is 0 Å². The fourth-order valence-corrected chi connectivity index (χ4v) is 3.82. The van der Waals surface area contributed by atoms with Crippen molar-refractivity contribution in [2.45, 2.75) is 32.6 Å². The van der Waals surface area contributed by atoms with Crippen LogP contribution in [0.15, 0.2) is 54.6 Å². The third-order valence-corrected chi connectivity index (χ3v) is 5.78. The molecule has 1 saturated heterocycles. The van der Waals surface area contributed by atoms with Crippen LogP contribution >= 0.6 is 0 Å². The highest BCUT2D eigenvalue weighted by atomic mass is 16.2. The first-order chi connectivity index (χ1) is 15.0. The number of carbonyl (C=O) groups is 3. The zero-order valence-corrected chi connectivity index (χ0v) is 18.3. The third-order valence-electron chi connectivity index (χ3n) is 5.78. The molecule has 6 heteroatoms. The largest absolute Gasteiger partial charge is 0.346 e. The maximum Gasteiger partial charge on any atom is 0.255 e. The molecule has 0 radical (unpaired) electrons. The van der Waals surface area contributed by atoms with Crippen LogP contribution in [0.3, 0.4) is 0 Å². The molecule has 3 rings (SSSR count). The van der Waals surface area contributed by atoms with Crippen LogP contribution in [-0.2, 0) is 4.79 Å². The third kappa shape index (κ3) is 5.94. The standard InChI is InChI=1S/C25H31N3O3/c1-3-4-16-27(2)24(30)21-14-17-28(18-15-21)25(31)20-10-12-22(13-11-20)26-23(29)19-8-6-5-7-9-19/h5-13,21H,3-4,14-18H2,1-2H3,(H,26,29). The van der Waals surface area contributed by atoms with E-state index in [-0.39, 0.29) is 23.6 Å². The molecular formula is C25H31N3O3. The van der Waals surface area contributed by atoms with Crippen molar-refractivity contribution in [2.24, 2.45) is 5.92 Å². The first-order valence-corrected chi connectivity index (χ1v) is 11.0. The van der Waals surface area contributed by atoms with E-state index in [4.69, 9.17) is 0 Å². The van der Waals surface area contributed by atoms with Crippen molar-refractivity contribution < 1.29 is 14.4 Å². The highest BCUT2D eigenvalue weighted by Gasteiger charge is 2.29. The van der Waals surface area contributed by atoms with Gasteiger partial charge in [0, 0.05) is 49.4 Å². The minimum atomic E-state index is -0.185. The molecule has 1 aliphatic heterocycles. The smallest absolute Gasteiger partial charge is 0.255 e. The first-order valence-electron chi connectivity index (χ1n) is 11.0. The molecule has 1 aliphatic rings. The van der Waals surface area contributed by atoms with Crippen LogP contribution < -0.4 is 5.32 Å². The Morgan fingerprint density at radius 1 is 0.968 bits per heavy atom. The molecular weight excluding hydrogens is 390 g/mol. The summed E-state index contributed by atoms with van der Waals surface area (Å²) in [5.74, 6) is -0.0259. The number of piperidine rings is 1. The van der Waals surface area contributed by atoms with E-state index in [1.807, 2.05) is 35.0 Å². The van der Waals surface area contributed by atoms with Gasteiger partial charge in [0.25, 0.3) is 11.8 Å². The van der Waals surface area contributed by atoms with Crippen LogP contribution in [0.4, 0.5) is 5.69 Å². The molecule has 0 atom stereocenters. The van der Waals surface area contributed by atoms with Gasteiger partial charge in [-0.25, -0.2) is 0 Å². The van der Waals surface area contributed by atoms with Crippen molar-refractivity contribution in [1.82, 2.24) is 9.80 Å². The molecule has 6 nitrogen and oxygen atoms in total. The zero-order chi connectivity index (χ0) is 22.2. The maximum atomic E-state index is 12.8. The van der Waals surface area contributed by atoms with E-state index in [9.17, 15) is 14.4 Å². The Balaban J connectivity index is 1.52. The lowest BCUT2D eigenvalue weighted by Crippen LogP contribution is -2.43. The lowest BCUT2D eigenvalue weighted by molar-refractivity contribution is -0.135. The average Bonchev–Trinajstić information content (AvgIpc) is 2.82. The van der Waals surface area contributed by atoms with Crippen LogP contribution in [0.5, 0.6) is 0 Å². The second kappa shape index (κ2) is 10.8. The van der Waals surface area contributed by atoms with E-state index < -0.39 is 0 Å². The molecule has 0 aromatic heterocycles. The summed E-state index contributed by atoms with van der Waals surface area (Å²) in [6, 6.07) is 16.0. The molecule has 1 fully saturated rings. The molecule has 0 unspecified atom stereocenters. The maximum absolute atomic E-state index is 12.8. The SMILES string of the molecule is CCCCN(C)C(=O)C1CCN(C(=O)c2ccc(NC(=O)c3ccccc3)cc2)CC1. The van der Waals surface area contributed by atoms with E-state index in [2.05, 4.69) is 12.2 Å². The number of likely N-dealkylation sites (tertiary alicyclic amines) is 1. The number of nitrogens with one attached hydrogen (secondary N) is 1. The Hall–Kier alpha value is -3.15. The molecule has 1 heterocycles. The molecule has 164 valence electrons. The number of nitrogens with zero attached hydrogens (tertiary/aromatic N) is 2. The van der Waals surface area contributed by atoms with Gasteiger partial charge < -0.3 is 15.1 Å². The number of rotatable bonds is 7. The van der Waals surface area contributed by atoms with Gasteiger partial charge in [-0.1, -0.05) is 31.5 Å².